The standard InChI is InChI=1S/C25H27F2N3O4S/c26-23-8-4-9-24(27)25(23)35(31,32)30(19-21-6-1-2-10-28-21)18-20-5-3-7-22(17-20)34-16-13-29-11-14-33-15-12-29/h1-10,17H,11-16,18-19H2. The number of benzene rings is 2. The second kappa shape index (κ2) is 11.7. The van der Waals surface area contributed by atoms with Crippen LogP contribution in [0.4, 0.5) is 8.78 Å². The Morgan fingerprint density at radius 2 is 1.71 bits per heavy atom. The Bertz CT molecular complexity index is 1200. The number of halogens is 2. The Balaban J connectivity index is 1.54. The molecular formula is C25H27F2N3O4S. The lowest BCUT2D eigenvalue weighted by atomic mass is 10.2. The summed E-state index contributed by atoms with van der Waals surface area (Å²) < 4.78 is 67.9. The molecule has 0 N–H and O–H groups in total. The van der Waals surface area contributed by atoms with Crippen LogP contribution in [-0.4, -0.2) is 62.1 Å². The van der Waals surface area contributed by atoms with Gasteiger partial charge in [0.25, 0.3) is 0 Å². The van der Waals surface area contributed by atoms with Crippen LogP contribution in [0, 0.1) is 11.6 Å². The van der Waals surface area contributed by atoms with E-state index >= 15 is 0 Å². The first kappa shape index (κ1) is 25.2. The Kier molecular flexibility index (Phi) is 8.40. The molecule has 2 heterocycles. The molecule has 7 nitrogen and oxygen atoms in total. The molecule has 0 amide bonds. The van der Waals surface area contributed by atoms with Gasteiger partial charge in [-0.3, -0.25) is 9.88 Å². The number of rotatable bonds is 10. The van der Waals surface area contributed by atoms with Gasteiger partial charge in [0.1, 0.15) is 24.0 Å². The molecule has 0 atom stereocenters. The number of hydrogen-bond donors (Lipinski definition) is 0. The molecule has 0 bridgehead atoms. The molecule has 186 valence electrons. The van der Waals surface area contributed by atoms with Gasteiger partial charge in [-0.05, 0) is 42.0 Å². The minimum atomic E-state index is -4.52. The molecule has 1 saturated heterocycles. The van der Waals surface area contributed by atoms with E-state index in [0.29, 0.717) is 36.8 Å². The van der Waals surface area contributed by atoms with Crippen LogP contribution in [0.1, 0.15) is 11.3 Å². The van der Waals surface area contributed by atoms with Gasteiger partial charge in [-0.1, -0.05) is 24.3 Å². The van der Waals surface area contributed by atoms with Gasteiger partial charge < -0.3 is 9.47 Å². The lowest BCUT2D eigenvalue weighted by Gasteiger charge is -2.26. The average molecular weight is 504 g/mol. The second-order valence-corrected chi connectivity index (χ2v) is 9.97. The molecule has 2 aromatic carbocycles. The topological polar surface area (TPSA) is 72.0 Å². The Labute approximate surface area is 204 Å². The Morgan fingerprint density at radius 3 is 2.43 bits per heavy atom. The molecule has 0 spiro atoms. The highest BCUT2D eigenvalue weighted by atomic mass is 32.2. The number of nitrogens with zero attached hydrogens (tertiary/aromatic N) is 3. The van der Waals surface area contributed by atoms with E-state index < -0.39 is 26.6 Å². The summed E-state index contributed by atoms with van der Waals surface area (Å²) in [4.78, 5) is 5.45. The van der Waals surface area contributed by atoms with E-state index in [1.807, 2.05) is 0 Å². The molecule has 4 rings (SSSR count). The van der Waals surface area contributed by atoms with Crippen LogP contribution >= 0.6 is 0 Å². The SMILES string of the molecule is O=S(=O)(c1c(F)cccc1F)N(Cc1cccc(OCCN2CCOCC2)c1)Cc1ccccn1. The van der Waals surface area contributed by atoms with E-state index in [9.17, 15) is 17.2 Å². The van der Waals surface area contributed by atoms with Crippen LogP contribution in [0.25, 0.3) is 0 Å². The smallest absolute Gasteiger partial charge is 0.249 e. The van der Waals surface area contributed by atoms with Gasteiger partial charge >= 0.3 is 0 Å². The molecule has 0 radical (unpaired) electrons. The van der Waals surface area contributed by atoms with Crippen LogP contribution in [0.3, 0.4) is 0 Å². The van der Waals surface area contributed by atoms with Gasteiger partial charge in [-0.2, -0.15) is 4.31 Å². The Morgan fingerprint density at radius 1 is 0.971 bits per heavy atom. The Hall–Kier alpha value is -2.92. The summed E-state index contributed by atoms with van der Waals surface area (Å²) in [5, 5.41) is 0. The lowest BCUT2D eigenvalue weighted by Crippen LogP contribution is -2.38. The van der Waals surface area contributed by atoms with Crippen molar-refractivity contribution in [1.82, 2.24) is 14.2 Å². The summed E-state index contributed by atoms with van der Waals surface area (Å²) in [6.45, 7) is 4.08. The van der Waals surface area contributed by atoms with Crippen molar-refractivity contribution in [3.05, 3.63) is 89.8 Å². The maximum Gasteiger partial charge on any atom is 0.249 e. The first-order chi connectivity index (χ1) is 16.9. The number of morpholine rings is 1. The van der Waals surface area contributed by atoms with E-state index in [1.165, 1.54) is 6.20 Å². The highest BCUT2D eigenvalue weighted by Crippen LogP contribution is 2.26. The second-order valence-electron chi connectivity index (χ2n) is 8.09. The lowest BCUT2D eigenvalue weighted by molar-refractivity contribution is 0.0322. The van der Waals surface area contributed by atoms with Crippen molar-refractivity contribution in [3.8, 4) is 5.75 Å². The third kappa shape index (κ3) is 6.61. The third-order valence-corrected chi connectivity index (χ3v) is 7.46. The molecule has 1 aliphatic rings. The van der Waals surface area contributed by atoms with Crippen molar-refractivity contribution >= 4 is 10.0 Å². The van der Waals surface area contributed by atoms with Gasteiger partial charge in [0, 0.05) is 32.4 Å². The highest BCUT2D eigenvalue weighted by Gasteiger charge is 2.31. The van der Waals surface area contributed by atoms with E-state index in [2.05, 4.69) is 9.88 Å². The van der Waals surface area contributed by atoms with Crippen molar-refractivity contribution < 1.29 is 26.7 Å². The molecule has 1 aromatic heterocycles. The largest absolute Gasteiger partial charge is 0.492 e. The molecule has 0 aliphatic carbocycles. The minimum Gasteiger partial charge on any atom is -0.492 e. The fourth-order valence-electron chi connectivity index (χ4n) is 3.81. The van der Waals surface area contributed by atoms with Crippen LogP contribution < -0.4 is 4.74 Å². The average Bonchev–Trinajstić information content (AvgIpc) is 2.85. The number of ether oxygens (including phenoxy) is 2. The monoisotopic (exact) mass is 503 g/mol. The van der Waals surface area contributed by atoms with Gasteiger partial charge in [-0.15, -0.1) is 0 Å². The van der Waals surface area contributed by atoms with Crippen molar-refractivity contribution in [2.45, 2.75) is 18.0 Å². The quantitative estimate of drug-likeness (QED) is 0.422. The third-order valence-electron chi connectivity index (χ3n) is 5.62. The van der Waals surface area contributed by atoms with E-state index in [-0.39, 0.29) is 13.1 Å². The fraction of sp³-hybridized carbons (Fsp3) is 0.320. The van der Waals surface area contributed by atoms with E-state index in [4.69, 9.17) is 9.47 Å². The highest BCUT2D eigenvalue weighted by molar-refractivity contribution is 7.89. The van der Waals surface area contributed by atoms with Crippen LogP contribution in [0.5, 0.6) is 5.75 Å². The normalized spacial score (nSPS) is 14.8. The predicted octanol–water partition coefficient (Wildman–Crippen LogP) is 3.46. The molecule has 3 aromatic rings. The fourth-order valence-corrected chi connectivity index (χ4v) is 5.32. The van der Waals surface area contributed by atoms with E-state index in [0.717, 1.165) is 42.1 Å². The maximum absolute atomic E-state index is 14.4. The van der Waals surface area contributed by atoms with Crippen LogP contribution in [-0.2, 0) is 27.8 Å². The molecule has 1 fully saturated rings. The van der Waals surface area contributed by atoms with Crippen molar-refractivity contribution in [3.63, 3.8) is 0 Å². The van der Waals surface area contributed by atoms with Gasteiger partial charge in [0.05, 0.1) is 25.5 Å². The zero-order valence-corrected chi connectivity index (χ0v) is 20.0. The number of pyridine rings is 1. The number of aromatic nitrogens is 1. The van der Waals surface area contributed by atoms with Gasteiger partial charge in [-0.25, -0.2) is 17.2 Å². The predicted molar refractivity (Wildman–Crippen MR) is 126 cm³/mol. The van der Waals surface area contributed by atoms with Crippen molar-refractivity contribution in [2.75, 3.05) is 39.5 Å². The molecule has 0 saturated carbocycles. The molecule has 35 heavy (non-hydrogen) atoms. The van der Waals surface area contributed by atoms with Crippen LogP contribution in [0.2, 0.25) is 0 Å². The summed E-state index contributed by atoms with van der Waals surface area (Å²) in [6, 6.07) is 15.1. The number of hydrogen-bond acceptors (Lipinski definition) is 6. The van der Waals surface area contributed by atoms with Crippen molar-refractivity contribution in [2.24, 2.45) is 0 Å². The zero-order chi connectivity index (χ0) is 24.7. The zero-order valence-electron chi connectivity index (χ0n) is 19.1. The van der Waals surface area contributed by atoms with Crippen LogP contribution in [0.15, 0.2) is 71.8 Å². The molecule has 1 aliphatic heterocycles. The first-order valence-corrected chi connectivity index (χ1v) is 12.7. The van der Waals surface area contributed by atoms with E-state index in [1.54, 1.807) is 42.5 Å². The molecule has 0 unspecified atom stereocenters. The molecular weight excluding hydrogens is 476 g/mol. The maximum atomic E-state index is 14.4. The first-order valence-electron chi connectivity index (χ1n) is 11.3. The minimum absolute atomic E-state index is 0.118. The number of sulfonamides is 1. The summed E-state index contributed by atoms with van der Waals surface area (Å²) in [5.74, 6) is -1.70. The van der Waals surface area contributed by atoms with Gasteiger partial charge in [0.2, 0.25) is 10.0 Å². The summed E-state index contributed by atoms with van der Waals surface area (Å²) in [7, 11) is -4.52. The van der Waals surface area contributed by atoms with Crippen molar-refractivity contribution in [1.29, 1.82) is 0 Å². The molecule has 10 heteroatoms. The summed E-state index contributed by atoms with van der Waals surface area (Å²) in [5.41, 5.74) is 1.07. The summed E-state index contributed by atoms with van der Waals surface area (Å²) >= 11 is 0. The summed E-state index contributed by atoms with van der Waals surface area (Å²) in [6.07, 6.45) is 1.53. The van der Waals surface area contributed by atoms with Gasteiger partial charge in [0.15, 0.2) is 4.90 Å².